The fraction of sp³-hybridized carbons (Fsp3) is 0.0833. The summed E-state index contributed by atoms with van der Waals surface area (Å²) >= 11 is 0. The van der Waals surface area contributed by atoms with Crippen molar-refractivity contribution in [2.45, 2.75) is 0 Å². The van der Waals surface area contributed by atoms with Crippen molar-refractivity contribution in [1.82, 2.24) is 0 Å². The molecule has 0 bridgehead atoms. The number of hydrogen-bond donors (Lipinski definition) is 1. The van der Waals surface area contributed by atoms with E-state index in [-0.39, 0.29) is 5.76 Å². The lowest BCUT2D eigenvalue weighted by Crippen LogP contribution is -1.98. The van der Waals surface area contributed by atoms with Gasteiger partial charge in [-0.2, -0.15) is 0 Å². The molecule has 0 spiro atoms. The van der Waals surface area contributed by atoms with Gasteiger partial charge in [-0.1, -0.05) is 18.2 Å². The number of hydrogen-bond acceptors (Lipinski definition) is 4. The average molecular weight is 217 g/mol. The highest BCUT2D eigenvalue weighted by Crippen LogP contribution is 2.27. The number of benzene rings is 1. The standard InChI is InChI=1S/C12H11NO3/c1-15-12(14)11-6-8(7-16-11)9-4-2-3-5-10(9)13/h2-7H,13H2,1H3. The van der Waals surface area contributed by atoms with E-state index in [9.17, 15) is 4.79 Å². The Balaban J connectivity index is 2.39. The maximum Gasteiger partial charge on any atom is 0.373 e. The van der Waals surface area contributed by atoms with E-state index in [1.165, 1.54) is 13.4 Å². The molecule has 0 saturated heterocycles. The highest BCUT2D eigenvalue weighted by Gasteiger charge is 2.12. The van der Waals surface area contributed by atoms with Crippen LogP contribution in [0.2, 0.25) is 0 Å². The maximum absolute atomic E-state index is 11.2. The van der Waals surface area contributed by atoms with Gasteiger partial charge in [-0.3, -0.25) is 0 Å². The molecular weight excluding hydrogens is 206 g/mol. The van der Waals surface area contributed by atoms with Crippen LogP contribution in [-0.4, -0.2) is 13.1 Å². The Hall–Kier alpha value is -2.23. The molecule has 0 aliphatic carbocycles. The first-order chi connectivity index (χ1) is 7.72. The molecule has 16 heavy (non-hydrogen) atoms. The van der Waals surface area contributed by atoms with E-state index in [1.54, 1.807) is 12.1 Å². The van der Waals surface area contributed by atoms with E-state index < -0.39 is 5.97 Å². The molecule has 0 atom stereocenters. The van der Waals surface area contributed by atoms with Crippen LogP contribution >= 0.6 is 0 Å². The van der Waals surface area contributed by atoms with Crippen LogP contribution in [-0.2, 0) is 4.74 Å². The smallest absolute Gasteiger partial charge is 0.373 e. The van der Waals surface area contributed by atoms with E-state index in [0.29, 0.717) is 5.69 Å². The molecule has 2 rings (SSSR count). The molecule has 0 unspecified atom stereocenters. The van der Waals surface area contributed by atoms with Gasteiger partial charge in [0.25, 0.3) is 0 Å². The number of anilines is 1. The molecule has 0 aliphatic heterocycles. The lowest BCUT2D eigenvalue weighted by Gasteiger charge is -2.00. The molecule has 4 nitrogen and oxygen atoms in total. The number of esters is 1. The number of methoxy groups -OCH3 is 1. The minimum Gasteiger partial charge on any atom is -0.463 e. The predicted octanol–water partition coefficient (Wildman–Crippen LogP) is 2.32. The van der Waals surface area contributed by atoms with Gasteiger partial charge in [0, 0.05) is 16.8 Å². The van der Waals surface area contributed by atoms with E-state index in [4.69, 9.17) is 10.2 Å². The zero-order valence-corrected chi connectivity index (χ0v) is 8.77. The second-order valence-corrected chi connectivity index (χ2v) is 3.28. The fourth-order valence-corrected chi connectivity index (χ4v) is 1.45. The van der Waals surface area contributed by atoms with E-state index in [2.05, 4.69) is 4.74 Å². The second kappa shape index (κ2) is 4.10. The summed E-state index contributed by atoms with van der Waals surface area (Å²) in [7, 11) is 1.31. The van der Waals surface area contributed by atoms with E-state index >= 15 is 0 Å². The summed E-state index contributed by atoms with van der Waals surface area (Å²) in [5.74, 6) is -0.332. The van der Waals surface area contributed by atoms with Crippen molar-refractivity contribution in [2.75, 3.05) is 12.8 Å². The fourth-order valence-electron chi connectivity index (χ4n) is 1.45. The van der Waals surface area contributed by atoms with Gasteiger partial charge in [-0.25, -0.2) is 4.79 Å². The van der Waals surface area contributed by atoms with Crippen LogP contribution in [0.1, 0.15) is 10.6 Å². The minimum absolute atomic E-state index is 0.167. The number of furan rings is 1. The van der Waals surface area contributed by atoms with Crippen LogP contribution in [0.15, 0.2) is 41.0 Å². The van der Waals surface area contributed by atoms with Gasteiger partial charge in [0.05, 0.1) is 13.4 Å². The Labute approximate surface area is 92.6 Å². The summed E-state index contributed by atoms with van der Waals surface area (Å²) in [6.45, 7) is 0. The topological polar surface area (TPSA) is 65.5 Å². The molecule has 2 aromatic rings. The maximum atomic E-state index is 11.2. The number of carbonyl (C=O) groups is 1. The monoisotopic (exact) mass is 217 g/mol. The zero-order chi connectivity index (χ0) is 11.5. The number of carbonyl (C=O) groups excluding carboxylic acids is 1. The Kier molecular flexibility index (Phi) is 2.64. The SMILES string of the molecule is COC(=O)c1cc(-c2ccccc2N)co1. The highest BCUT2D eigenvalue weighted by atomic mass is 16.5. The Morgan fingerprint density at radius 3 is 2.81 bits per heavy atom. The molecule has 0 fully saturated rings. The number of rotatable bonds is 2. The Morgan fingerprint density at radius 1 is 1.38 bits per heavy atom. The quantitative estimate of drug-likeness (QED) is 0.619. The minimum atomic E-state index is -0.499. The number of nitrogen functional groups attached to an aromatic ring is 1. The van der Waals surface area contributed by atoms with Crippen molar-refractivity contribution < 1.29 is 13.9 Å². The van der Waals surface area contributed by atoms with Gasteiger partial charge in [0.15, 0.2) is 0 Å². The van der Waals surface area contributed by atoms with Gasteiger partial charge in [0.2, 0.25) is 5.76 Å². The number of para-hydroxylation sites is 1. The second-order valence-electron chi connectivity index (χ2n) is 3.28. The molecule has 0 saturated carbocycles. The highest BCUT2D eigenvalue weighted by molar-refractivity contribution is 5.89. The van der Waals surface area contributed by atoms with Gasteiger partial charge in [0.1, 0.15) is 0 Å². The summed E-state index contributed by atoms with van der Waals surface area (Å²) in [5, 5.41) is 0. The first kappa shape index (κ1) is 10.3. The Bertz CT molecular complexity index is 516. The van der Waals surface area contributed by atoms with Crippen LogP contribution < -0.4 is 5.73 Å². The molecule has 1 heterocycles. The van der Waals surface area contributed by atoms with Crippen LogP contribution in [0.4, 0.5) is 5.69 Å². The van der Waals surface area contributed by atoms with Crippen molar-refractivity contribution in [2.24, 2.45) is 0 Å². The van der Waals surface area contributed by atoms with Crippen LogP contribution in [0, 0.1) is 0 Å². The number of ether oxygens (including phenoxy) is 1. The summed E-state index contributed by atoms with van der Waals surface area (Å²) in [6.07, 6.45) is 1.48. The van der Waals surface area contributed by atoms with Gasteiger partial charge in [-0.15, -0.1) is 0 Å². The van der Waals surface area contributed by atoms with Gasteiger partial charge in [-0.05, 0) is 12.1 Å². The third-order valence-electron chi connectivity index (χ3n) is 2.26. The van der Waals surface area contributed by atoms with Crippen molar-refractivity contribution in [3.05, 3.63) is 42.4 Å². The van der Waals surface area contributed by atoms with Crippen molar-refractivity contribution >= 4 is 11.7 Å². The first-order valence-corrected chi connectivity index (χ1v) is 4.74. The largest absolute Gasteiger partial charge is 0.463 e. The van der Waals surface area contributed by atoms with Crippen LogP contribution in [0.3, 0.4) is 0 Å². The lowest BCUT2D eigenvalue weighted by atomic mass is 10.1. The first-order valence-electron chi connectivity index (χ1n) is 4.74. The van der Waals surface area contributed by atoms with Gasteiger partial charge >= 0.3 is 5.97 Å². The normalized spacial score (nSPS) is 10.1. The molecule has 82 valence electrons. The summed E-state index contributed by atoms with van der Waals surface area (Å²) < 4.78 is 9.65. The lowest BCUT2D eigenvalue weighted by molar-refractivity contribution is 0.0565. The van der Waals surface area contributed by atoms with Crippen LogP contribution in [0.25, 0.3) is 11.1 Å². The third kappa shape index (κ3) is 1.77. The Morgan fingerprint density at radius 2 is 2.12 bits per heavy atom. The molecule has 1 aromatic carbocycles. The summed E-state index contributed by atoms with van der Waals surface area (Å²) in [4.78, 5) is 11.2. The molecule has 0 aliphatic rings. The summed E-state index contributed by atoms with van der Waals surface area (Å²) in [5.41, 5.74) is 8.05. The molecule has 4 heteroatoms. The number of nitrogens with two attached hydrogens (primary N) is 1. The van der Waals surface area contributed by atoms with Gasteiger partial charge < -0.3 is 14.9 Å². The van der Waals surface area contributed by atoms with E-state index in [0.717, 1.165) is 11.1 Å². The van der Waals surface area contributed by atoms with Crippen molar-refractivity contribution in [3.8, 4) is 11.1 Å². The summed E-state index contributed by atoms with van der Waals surface area (Å²) in [6, 6.07) is 8.98. The van der Waals surface area contributed by atoms with Crippen LogP contribution in [0.5, 0.6) is 0 Å². The zero-order valence-electron chi connectivity index (χ0n) is 8.77. The molecule has 1 aromatic heterocycles. The molecular formula is C12H11NO3. The van der Waals surface area contributed by atoms with Crippen molar-refractivity contribution in [3.63, 3.8) is 0 Å². The predicted molar refractivity (Wildman–Crippen MR) is 59.9 cm³/mol. The molecule has 0 amide bonds. The molecule has 2 N–H and O–H groups in total. The average Bonchev–Trinajstić information content (AvgIpc) is 2.78. The van der Waals surface area contributed by atoms with Crippen molar-refractivity contribution in [1.29, 1.82) is 0 Å². The van der Waals surface area contributed by atoms with E-state index in [1.807, 2.05) is 18.2 Å². The third-order valence-corrected chi connectivity index (χ3v) is 2.26. The molecule has 0 radical (unpaired) electrons.